The lowest BCUT2D eigenvalue weighted by Gasteiger charge is -2.22. The number of fused-ring (bicyclic) bond motifs is 1. The molecule has 1 atom stereocenters. The van der Waals surface area contributed by atoms with Crippen LogP contribution in [0.25, 0.3) is 10.9 Å². The molecular formula is C13H17N3O. The fraction of sp³-hybridized carbons (Fsp3) is 0.462. The monoisotopic (exact) mass is 231 g/mol. The molecule has 1 aromatic heterocycles. The van der Waals surface area contributed by atoms with Crippen LogP contribution in [0, 0.1) is 5.92 Å². The Bertz CT molecular complexity index is 514. The molecule has 2 heterocycles. The maximum Gasteiger partial charge on any atom is 0.126 e. The molecule has 3 rings (SSSR count). The van der Waals surface area contributed by atoms with Crippen LogP contribution >= 0.6 is 0 Å². The summed E-state index contributed by atoms with van der Waals surface area (Å²) < 4.78 is 2.01. The van der Waals surface area contributed by atoms with Gasteiger partial charge < -0.3 is 10.4 Å². The second-order valence-electron chi connectivity index (χ2n) is 4.75. The summed E-state index contributed by atoms with van der Waals surface area (Å²) in [5.41, 5.74) is 1.02. The van der Waals surface area contributed by atoms with E-state index in [0.717, 1.165) is 30.5 Å². The third kappa shape index (κ3) is 2.00. The summed E-state index contributed by atoms with van der Waals surface area (Å²) in [6.45, 7) is 3.14. The maximum atomic E-state index is 9.72. The van der Waals surface area contributed by atoms with Gasteiger partial charge in [-0.1, -0.05) is 6.07 Å². The lowest BCUT2D eigenvalue weighted by molar-refractivity contribution is 0.329. The van der Waals surface area contributed by atoms with Crippen LogP contribution in [-0.4, -0.2) is 28.0 Å². The van der Waals surface area contributed by atoms with Gasteiger partial charge in [0.15, 0.2) is 0 Å². The minimum atomic E-state index is 0.315. The van der Waals surface area contributed by atoms with E-state index in [0.29, 0.717) is 11.7 Å². The van der Waals surface area contributed by atoms with Gasteiger partial charge in [-0.25, -0.2) is 0 Å². The van der Waals surface area contributed by atoms with Crippen LogP contribution < -0.4 is 5.32 Å². The number of hydrogen-bond donors (Lipinski definition) is 2. The van der Waals surface area contributed by atoms with Crippen molar-refractivity contribution >= 4 is 10.9 Å². The highest BCUT2D eigenvalue weighted by molar-refractivity contribution is 5.84. The average molecular weight is 231 g/mol. The maximum absolute atomic E-state index is 9.72. The van der Waals surface area contributed by atoms with E-state index in [1.54, 1.807) is 12.3 Å². The zero-order valence-electron chi connectivity index (χ0n) is 9.76. The number of rotatable bonds is 2. The fourth-order valence-electron chi connectivity index (χ4n) is 2.56. The molecule has 0 amide bonds. The Labute approximate surface area is 100 Å². The van der Waals surface area contributed by atoms with E-state index >= 15 is 0 Å². The van der Waals surface area contributed by atoms with Gasteiger partial charge in [-0.15, -0.1) is 0 Å². The van der Waals surface area contributed by atoms with Crippen LogP contribution in [0.2, 0.25) is 0 Å². The van der Waals surface area contributed by atoms with E-state index < -0.39 is 0 Å². The fourth-order valence-corrected chi connectivity index (χ4v) is 2.56. The van der Waals surface area contributed by atoms with Crippen LogP contribution in [0.3, 0.4) is 0 Å². The Balaban J connectivity index is 1.87. The number of phenols is 1. The smallest absolute Gasteiger partial charge is 0.126 e. The number of benzene rings is 1. The molecule has 0 bridgehead atoms. The first-order valence-corrected chi connectivity index (χ1v) is 6.19. The number of hydrogen-bond acceptors (Lipinski definition) is 3. The van der Waals surface area contributed by atoms with Crippen molar-refractivity contribution in [3.8, 4) is 5.75 Å². The van der Waals surface area contributed by atoms with Crippen molar-refractivity contribution in [2.75, 3.05) is 13.1 Å². The lowest BCUT2D eigenvalue weighted by atomic mass is 10.00. The summed E-state index contributed by atoms with van der Waals surface area (Å²) >= 11 is 0. The standard InChI is InChI=1S/C13H17N3O/c17-13-5-1-4-12-11(13)8-15-16(12)9-10-3-2-6-14-7-10/h1,4-5,8,10,14,17H,2-3,6-7,9H2. The minimum absolute atomic E-state index is 0.315. The molecule has 0 aliphatic carbocycles. The molecule has 2 N–H and O–H groups in total. The lowest BCUT2D eigenvalue weighted by Crippen LogP contribution is -2.32. The van der Waals surface area contributed by atoms with Crippen molar-refractivity contribution in [1.82, 2.24) is 15.1 Å². The van der Waals surface area contributed by atoms with Gasteiger partial charge in [0, 0.05) is 6.54 Å². The SMILES string of the molecule is Oc1cccc2c1cnn2CC1CCCNC1. The number of nitrogens with one attached hydrogen (secondary N) is 1. The van der Waals surface area contributed by atoms with Gasteiger partial charge in [-0.05, 0) is 44.0 Å². The molecule has 2 aromatic rings. The number of aromatic nitrogens is 2. The molecule has 0 radical (unpaired) electrons. The molecule has 17 heavy (non-hydrogen) atoms. The first-order valence-electron chi connectivity index (χ1n) is 6.19. The summed E-state index contributed by atoms with van der Waals surface area (Å²) in [4.78, 5) is 0. The van der Waals surface area contributed by atoms with E-state index in [1.165, 1.54) is 12.8 Å². The van der Waals surface area contributed by atoms with Crippen molar-refractivity contribution in [2.45, 2.75) is 19.4 Å². The molecule has 4 nitrogen and oxygen atoms in total. The van der Waals surface area contributed by atoms with E-state index in [-0.39, 0.29) is 0 Å². The van der Waals surface area contributed by atoms with Gasteiger partial charge in [0.2, 0.25) is 0 Å². The third-order valence-corrected chi connectivity index (χ3v) is 3.49. The van der Waals surface area contributed by atoms with Gasteiger partial charge in [-0.2, -0.15) is 5.10 Å². The van der Waals surface area contributed by atoms with Gasteiger partial charge in [0.25, 0.3) is 0 Å². The van der Waals surface area contributed by atoms with Gasteiger partial charge in [0.1, 0.15) is 5.75 Å². The van der Waals surface area contributed by atoms with Gasteiger partial charge >= 0.3 is 0 Å². The highest BCUT2D eigenvalue weighted by atomic mass is 16.3. The molecule has 0 spiro atoms. The minimum Gasteiger partial charge on any atom is -0.507 e. The molecule has 90 valence electrons. The Morgan fingerprint density at radius 3 is 3.24 bits per heavy atom. The van der Waals surface area contributed by atoms with Gasteiger partial charge in [-0.3, -0.25) is 4.68 Å². The van der Waals surface area contributed by atoms with Crippen LogP contribution in [0.1, 0.15) is 12.8 Å². The van der Waals surface area contributed by atoms with Crippen LogP contribution in [0.5, 0.6) is 5.75 Å². The quantitative estimate of drug-likeness (QED) is 0.827. The molecule has 1 aromatic carbocycles. The second kappa shape index (κ2) is 4.37. The molecule has 1 unspecified atom stereocenters. The number of phenolic OH excluding ortho intramolecular Hbond substituents is 1. The third-order valence-electron chi connectivity index (χ3n) is 3.49. The first-order chi connectivity index (χ1) is 8.34. The molecule has 1 aliphatic heterocycles. The summed E-state index contributed by atoms with van der Waals surface area (Å²) in [7, 11) is 0. The van der Waals surface area contributed by atoms with Crippen LogP contribution in [0.15, 0.2) is 24.4 Å². The zero-order valence-corrected chi connectivity index (χ0v) is 9.76. The summed E-state index contributed by atoms with van der Waals surface area (Å²) in [5, 5.41) is 18.4. The average Bonchev–Trinajstić information content (AvgIpc) is 2.76. The molecule has 1 saturated heterocycles. The zero-order chi connectivity index (χ0) is 11.7. The van der Waals surface area contributed by atoms with E-state index in [4.69, 9.17) is 0 Å². The Kier molecular flexibility index (Phi) is 2.73. The van der Waals surface area contributed by atoms with Crippen molar-refractivity contribution in [3.05, 3.63) is 24.4 Å². The molecule has 1 aliphatic rings. The predicted octanol–water partition coefficient (Wildman–Crippen LogP) is 1.74. The summed E-state index contributed by atoms with van der Waals surface area (Å²) in [5.74, 6) is 0.963. The van der Waals surface area contributed by atoms with Crippen molar-refractivity contribution in [1.29, 1.82) is 0 Å². The Hall–Kier alpha value is -1.55. The van der Waals surface area contributed by atoms with E-state index in [9.17, 15) is 5.11 Å². The largest absolute Gasteiger partial charge is 0.507 e. The van der Waals surface area contributed by atoms with E-state index in [2.05, 4.69) is 10.4 Å². The number of nitrogens with zero attached hydrogens (tertiary/aromatic N) is 2. The van der Waals surface area contributed by atoms with Crippen LogP contribution in [-0.2, 0) is 6.54 Å². The highest BCUT2D eigenvalue weighted by Gasteiger charge is 2.15. The molecule has 0 saturated carbocycles. The number of aromatic hydroxyl groups is 1. The first kappa shape index (κ1) is 10.6. The topological polar surface area (TPSA) is 50.1 Å². The number of piperidine rings is 1. The normalized spacial score (nSPS) is 20.8. The second-order valence-corrected chi connectivity index (χ2v) is 4.75. The Morgan fingerprint density at radius 2 is 2.41 bits per heavy atom. The van der Waals surface area contributed by atoms with Crippen molar-refractivity contribution in [3.63, 3.8) is 0 Å². The molecular weight excluding hydrogens is 214 g/mol. The van der Waals surface area contributed by atoms with Crippen molar-refractivity contribution in [2.24, 2.45) is 5.92 Å². The molecule has 1 fully saturated rings. The van der Waals surface area contributed by atoms with E-state index in [1.807, 2.05) is 16.8 Å². The Morgan fingerprint density at radius 1 is 1.47 bits per heavy atom. The highest BCUT2D eigenvalue weighted by Crippen LogP contribution is 2.24. The van der Waals surface area contributed by atoms with Gasteiger partial charge in [0.05, 0.1) is 17.1 Å². The predicted molar refractivity (Wildman–Crippen MR) is 67.0 cm³/mol. The summed E-state index contributed by atoms with van der Waals surface area (Å²) in [6, 6.07) is 5.59. The molecule has 4 heteroatoms. The summed E-state index contributed by atoms with van der Waals surface area (Å²) in [6.07, 6.45) is 4.25. The van der Waals surface area contributed by atoms with Crippen LogP contribution in [0.4, 0.5) is 0 Å². The van der Waals surface area contributed by atoms with Crippen molar-refractivity contribution < 1.29 is 5.11 Å².